The molecule has 3 N–H and O–H groups in total. The second-order valence-corrected chi connectivity index (χ2v) is 3.98. The summed E-state index contributed by atoms with van der Waals surface area (Å²) in [6.07, 6.45) is 3.97. The van der Waals surface area contributed by atoms with Crippen molar-refractivity contribution in [2.45, 2.75) is 19.4 Å². The van der Waals surface area contributed by atoms with Crippen LogP contribution in [0.4, 0.5) is 4.79 Å². The lowest BCUT2D eigenvalue weighted by Gasteiger charge is -2.13. The van der Waals surface area contributed by atoms with Crippen molar-refractivity contribution in [1.29, 1.82) is 0 Å². The van der Waals surface area contributed by atoms with E-state index in [1.807, 2.05) is 31.2 Å². The summed E-state index contributed by atoms with van der Waals surface area (Å²) in [5, 5.41) is 14.2. The third kappa shape index (κ3) is 5.01. The maximum absolute atomic E-state index is 11.5. The van der Waals surface area contributed by atoms with E-state index in [1.165, 1.54) is 6.20 Å². The van der Waals surface area contributed by atoms with E-state index in [2.05, 4.69) is 10.6 Å². The zero-order valence-corrected chi connectivity index (χ0v) is 11.2. The maximum Gasteiger partial charge on any atom is 0.319 e. The van der Waals surface area contributed by atoms with E-state index in [0.29, 0.717) is 6.42 Å². The SMILES string of the molecule is CCC(CO)NC(=O)N/C=C/c1ccccc1OC. The monoisotopic (exact) mass is 264 g/mol. The summed E-state index contributed by atoms with van der Waals surface area (Å²) < 4.78 is 5.19. The molecule has 5 heteroatoms. The first-order chi connectivity index (χ1) is 9.21. The summed E-state index contributed by atoms with van der Waals surface area (Å²) in [5.74, 6) is 0.739. The lowest BCUT2D eigenvalue weighted by molar-refractivity contribution is 0.217. The van der Waals surface area contributed by atoms with E-state index >= 15 is 0 Å². The van der Waals surface area contributed by atoms with Crippen molar-refractivity contribution in [2.75, 3.05) is 13.7 Å². The number of urea groups is 1. The van der Waals surface area contributed by atoms with E-state index in [-0.39, 0.29) is 18.7 Å². The van der Waals surface area contributed by atoms with Crippen LogP contribution in [0.5, 0.6) is 5.75 Å². The molecule has 0 spiro atoms. The molecule has 1 aromatic carbocycles. The maximum atomic E-state index is 11.5. The number of amides is 2. The molecule has 1 aromatic rings. The molecular weight excluding hydrogens is 244 g/mol. The zero-order valence-electron chi connectivity index (χ0n) is 11.2. The van der Waals surface area contributed by atoms with Crippen LogP contribution in [-0.2, 0) is 0 Å². The van der Waals surface area contributed by atoms with Gasteiger partial charge in [-0.05, 0) is 18.6 Å². The Labute approximate surface area is 113 Å². The molecule has 0 aliphatic rings. The summed E-state index contributed by atoms with van der Waals surface area (Å²) in [4.78, 5) is 11.5. The van der Waals surface area contributed by atoms with Crippen molar-refractivity contribution in [2.24, 2.45) is 0 Å². The van der Waals surface area contributed by atoms with Gasteiger partial charge in [-0.15, -0.1) is 0 Å². The normalized spacial score (nSPS) is 12.2. The highest BCUT2D eigenvalue weighted by molar-refractivity contribution is 5.76. The van der Waals surface area contributed by atoms with Crippen molar-refractivity contribution in [3.8, 4) is 5.75 Å². The highest BCUT2D eigenvalue weighted by atomic mass is 16.5. The van der Waals surface area contributed by atoms with Gasteiger partial charge in [0, 0.05) is 11.8 Å². The number of hydrogen-bond donors (Lipinski definition) is 3. The van der Waals surface area contributed by atoms with Gasteiger partial charge in [0.2, 0.25) is 0 Å². The molecule has 1 rings (SSSR count). The number of aliphatic hydroxyl groups is 1. The fourth-order valence-electron chi connectivity index (χ4n) is 1.52. The number of aliphatic hydroxyl groups excluding tert-OH is 1. The number of nitrogens with one attached hydrogen (secondary N) is 2. The lowest BCUT2D eigenvalue weighted by atomic mass is 10.2. The molecule has 0 aliphatic heterocycles. The van der Waals surface area contributed by atoms with E-state index in [4.69, 9.17) is 9.84 Å². The first-order valence-corrected chi connectivity index (χ1v) is 6.18. The summed E-state index contributed by atoms with van der Waals surface area (Å²) in [5.41, 5.74) is 0.875. The summed E-state index contributed by atoms with van der Waals surface area (Å²) >= 11 is 0. The number of rotatable bonds is 6. The van der Waals surface area contributed by atoms with Crippen LogP contribution in [0.2, 0.25) is 0 Å². The Hall–Kier alpha value is -2.01. The molecule has 5 nitrogen and oxygen atoms in total. The van der Waals surface area contributed by atoms with Gasteiger partial charge in [-0.3, -0.25) is 0 Å². The molecule has 0 saturated carbocycles. The number of carbonyl (C=O) groups is 1. The smallest absolute Gasteiger partial charge is 0.319 e. The third-order valence-corrected chi connectivity index (χ3v) is 2.66. The fourth-order valence-corrected chi connectivity index (χ4v) is 1.52. The first kappa shape index (κ1) is 15.0. The van der Waals surface area contributed by atoms with Crippen LogP contribution in [0.25, 0.3) is 6.08 Å². The van der Waals surface area contributed by atoms with Gasteiger partial charge >= 0.3 is 6.03 Å². The molecule has 0 fully saturated rings. The van der Waals surface area contributed by atoms with Crippen molar-refractivity contribution < 1.29 is 14.6 Å². The predicted molar refractivity (Wildman–Crippen MR) is 74.9 cm³/mol. The highest BCUT2D eigenvalue weighted by Gasteiger charge is 2.06. The van der Waals surface area contributed by atoms with Crippen molar-refractivity contribution >= 4 is 12.1 Å². The third-order valence-electron chi connectivity index (χ3n) is 2.66. The second-order valence-electron chi connectivity index (χ2n) is 3.98. The van der Waals surface area contributed by atoms with Gasteiger partial charge in [0.05, 0.1) is 19.8 Å². The van der Waals surface area contributed by atoms with Crippen molar-refractivity contribution in [1.82, 2.24) is 10.6 Å². The Morgan fingerprint density at radius 3 is 2.84 bits per heavy atom. The van der Waals surface area contributed by atoms with E-state index in [9.17, 15) is 4.79 Å². The minimum Gasteiger partial charge on any atom is -0.496 e. The van der Waals surface area contributed by atoms with E-state index in [1.54, 1.807) is 13.2 Å². The summed E-state index contributed by atoms with van der Waals surface area (Å²) in [6, 6.07) is 6.94. The highest BCUT2D eigenvalue weighted by Crippen LogP contribution is 2.18. The van der Waals surface area contributed by atoms with Gasteiger partial charge in [-0.1, -0.05) is 25.1 Å². The molecule has 0 heterocycles. The first-order valence-electron chi connectivity index (χ1n) is 6.18. The lowest BCUT2D eigenvalue weighted by Crippen LogP contribution is -2.41. The van der Waals surface area contributed by atoms with Crippen LogP contribution in [0, 0.1) is 0 Å². The Balaban J connectivity index is 2.51. The van der Waals surface area contributed by atoms with Crippen molar-refractivity contribution in [3.05, 3.63) is 36.0 Å². The van der Waals surface area contributed by atoms with Crippen LogP contribution in [0.3, 0.4) is 0 Å². The molecule has 2 amide bonds. The summed E-state index contributed by atoms with van der Waals surface area (Å²) in [7, 11) is 1.60. The minimum absolute atomic E-state index is 0.0693. The van der Waals surface area contributed by atoms with Gasteiger partial charge in [0.25, 0.3) is 0 Å². The second kappa shape index (κ2) is 8.16. The molecule has 0 radical (unpaired) electrons. The quantitative estimate of drug-likeness (QED) is 0.733. The largest absolute Gasteiger partial charge is 0.496 e. The van der Waals surface area contributed by atoms with Crippen LogP contribution in [0.1, 0.15) is 18.9 Å². The standard InChI is InChI=1S/C14H20N2O3/c1-3-12(10-17)16-14(18)15-9-8-11-6-4-5-7-13(11)19-2/h4-9,12,17H,3,10H2,1-2H3,(H2,15,16,18)/b9-8+. The van der Waals surface area contributed by atoms with Crippen LogP contribution >= 0.6 is 0 Å². The van der Waals surface area contributed by atoms with Crippen molar-refractivity contribution in [3.63, 3.8) is 0 Å². The number of carbonyl (C=O) groups excluding carboxylic acids is 1. The van der Waals surface area contributed by atoms with Gasteiger partial charge in [-0.2, -0.15) is 0 Å². The molecule has 0 saturated heterocycles. The number of benzene rings is 1. The molecule has 0 bridgehead atoms. The van der Waals surface area contributed by atoms with Gasteiger partial charge in [0.15, 0.2) is 0 Å². The van der Waals surface area contributed by atoms with Crippen LogP contribution in [0.15, 0.2) is 30.5 Å². The molecule has 19 heavy (non-hydrogen) atoms. The number of para-hydroxylation sites is 1. The Morgan fingerprint density at radius 1 is 1.47 bits per heavy atom. The van der Waals surface area contributed by atoms with Crippen LogP contribution < -0.4 is 15.4 Å². The zero-order chi connectivity index (χ0) is 14.1. The average Bonchev–Trinajstić information content (AvgIpc) is 2.45. The van der Waals surface area contributed by atoms with Crippen LogP contribution in [-0.4, -0.2) is 30.9 Å². The van der Waals surface area contributed by atoms with Gasteiger partial charge in [0.1, 0.15) is 5.75 Å². The molecule has 104 valence electrons. The molecular formula is C14H20N2O3. The Morgan fingerprint density at radius 2 is 2.21 bits per heavy atom. The molecule has 1 unspecified atom stereocenters. The molecule has 1 atom stereocenters. The Kier molecular flexibility index (Phi) is 6.46. The Bertz CT molecular complexity index is 428. The number of hydrogen-bond acceptors (Lipinski definition) is 3. The van der Waals surface area contributed by atoms with Gasteiger partial charge in [-0.25, -0.2) is 4.79 Å². The average molecular weight is 264 g/mol. The van der Waals surface area contributed by atoms with E-state index < -0.39 is 0 Å². The summed E-state index contributed by atoms with van der Waals surface area (Å²) in [6.45, 7) is 1.83. The van der Waals surface area contributed by atoms with E-state index in [0.717, 1.165) is 11.3 Å². The fraction of sp³-hybridized carbons (Fsp3) is 0.357. The number of ether oxygens (including phenoxy) is 1. The molecule has 0 aliphatic carbocycles. The number of methoxy groups -OCH3 is 1. The minimum atomic E-state index is -0.341. The molecule has 0 aromatic heterocycles. The predicted octanol–water partition coefficient (Wildman–Crippen LogP) is 1.74. The topological polar surface area (TPSA) is 70.6 Å². The van der Waals surface area contributed by atoms with Gasteiger partial charge < -0.3 is 20.5 Å².